The molecule has 0 heterocycles. The van der Waals surface area contributed by atoms with E-state index in [2.05, 4.69) is 0 Å². The summed E-state index contributed by atoms with van der Waals surface area (Å²) in [5.41, 5.74) is 7.51. The number of aryl methyl sites for hydroxylation is 1. The summed E-state index contributed by atoms with van der Waals surface area (Å²) < 4.78 is 0. The fourth-order valence-corrected chi connectivity index (χ4v) is 2.75. The number of hydrogen-bond acceptors (Lipinski definition) is 3. The SMILES string of the molecule is Cc1cc(C(=O)O)cc([C@@H](N)C2CCCC2)c1O.Cl. The minimum absolute atomic E-state index is 0. The minimum atomic E-state index is -0.988. The fourth-order valence-electron chi connectivity index (χ4n) is 2.75. The molecule has 1 aliphatic carbocycles. The van der Waals surface area contributed by atoms with E-state index in [0.29, 0.717) is 17.0 Å². The van der Waals surface area contributed by atoms with Gasteiger partial charge in [0.25, 0.3) is 0 Å². The van der Waals surface area contributed by atoms with Gasteiger partial charge < -0.3 is 15.9 Å². The van der Waals surface area contributed by atoms with Gasteiger partial charge in [0.15, 0.2) is 0 Å². The molecular formula is C14H20ClNO3. The molecule has 0 saturated heterocycles. The predicted molar refractivity (Wildman–Crippen MR) is 75.9 cm³/mol. The first-order chi connectivity index (χ1) is 8.50. The maximum Gasteiger partial charge on any atom is 0.335 e. The largest absolute Gasteiger partial charge is 0.507 e. The van der Waals surface area contributed by atoms with Crippen LogP contribution < -0.4 is 5.73 Å². The third kappa shape index (κ3) is 3.19. The Hall–Kier alpha value is -1.26. The molecule has 0 radical (unpaired) electrons. The van der Waals surface area contributed by atoms with Gasteiger partial charge in [0.05, 0.1) is 5.56 Å². The van der Waals surface area contributed by atoms with Gasteiger partial charge in [0.2, 0.25) is 0 Å². The Balaban J connectivity index is 0.00000180. The van der Waals surface area contributed by atoms with E-state index in [4.69, 9.17) is 10.8 Å². The van der Waals surface area contributed by atoms with Crippen molar-refractivity contribution in [1.29, 1.82) is 0 Å². The molecule has 19 heavy (non-hydrogen) atoms. The number of benzene rings is 1. The Bertz CT molecular complexity index is 470. The summed E-state index contributed by atoms with van der Waals surface area (Å²) >= 11 is 0. The van der Waals surface area contributed by atoms with Crippen LogP contribution in [0.1, 0.15) is 53.2 Å². The van der Waals surface area contributed by atoms with Crippen molar-refractivity contribution in [3.8, 4) is 5.75 Å². The molecule has 1 aromatic carbocycles. The van der Waals surface area contributed by atoms with Crippen LogP contribution in [-0.4, -0.2) is 16.2 Å². The number of aromatic hydroxyl groups is 1. The average Bonchev–Trinajstić information content (AvgIpc) is 2.85. The molecule has 0 unspecified atom stereocenters. The first-order valence-electron chi connectivity index (χ1n) is 6.33. The Morgan fingerprint density at radius 3 is 2.47 bits per heavy atom. The van der Waals surface area contributed by atoms with Gasteiger partial charge in [-0.25, -0.2) is 4.79 Å². The van der Waals surface area contributed by atoms with Crippen LogP contribution in [-0.2, 0) is 0 Å². The first-order valence-corrected chi connectivity index (χ1v) is 6.33. The van der Waals surface area contributed by atoms with E-state index in [0.717, 1.165) is 25.7 Å². The van der Waals surface area contributed by atoms with Gasteiger partial charge >= 0.3 is 5.97 Å². The van der Waals surface area contributed by atoms with Crippen LogP contribution in [0, 0.1) is 12.8 Å². The van der Waals surface area contributed by atoms with Gasteiger partial charge in [-0.2, -0.15) is 0 Å². The summed E-state index contributed by atoms with van der Waals surface area (Å²) in [4.78, 5) is 11.0. The summed E-state index contributed by atoms with van der Waals surface area (Å²) in [5.74, 6) is -0.503. The number of nitrogens with two attached hydrogens (primary N) is 1. The molecule has 0 bridgehead atoms. The van der Waals surface area contributed by atoms with Crippen molar-refractivity contribution in [1.82, 2.24) is 0 Å². The van der Waals surface area contributed by atoms with E-state index in [-0.39, 0.29) is 29.8 Å². The highest BCUT2D eigenvalue weighted by molar-refractivity contribution is 5.88. The van der Waals surface area contributed by atoms with Crippen molar-refractivity contribution < 1.29 is 15.0 Å². The molecule has 1 atom stereocenters. The summed E-state index contributed by atoms with van der Waals surface area (Å²) in [7, 11) is 0. The summed E-state index contributed by atoms with van der Waals surface area (Å²) in [6.07, 6.45) is 4.43. The standard InChI is InChI=1S/C14H19NO3.ClH/c1-8-6-10(14(17)18)7-11(13(8)16)12(15)9-4-2-3-5-9;/h6-7,9,12,16H,2-5,15H2,1H3,(H,17,18);1H/t12-;/m0./s1. The lowest BCUT2D eigenvalue weighted by Gasteiger charge is -2.21. The van der Waals surface area contributed by atoms with Crippen LogP contribution in [0.3, 0.4) is 0 Å². The van der Waals surface area contributed by atoms with Gasteiger partial charge in [-0.05, 0) is 43.4 Å². The number of carboxylic acid groups (broad SMARTS) is 1. The second kappa shape index (κ2) is 6.26. The third-order valence-electron chi connectivity index (χ3n) is 3.84. The van der Waals surface area contributed by atoms with Crippen molar-refractivity contribution in [2.75, 3.05) is 0 Å². The summed E-state index contributed by atoms with van der Waals surface area (Å²) in [6.45, 7) is 1.70. The van der Waals surface area contributed by atoms with E-state index >= 15 is 0 Å². The topological polar surface area (TPSA) is 83.5 Å². The monoisotopic (exact) mass is 285 g/mol. The molecule has 1 aliphatic rings. The molecule has 4 nitrogen and oxygen atoms in total. The molecular weight excluding hydrogens is 266 g/mol. The third-order valence-corrected chi connectivity index (χ3v) is 3.84. The lowest BCUT2D eigenvalue weighted by molar-refractivity contribution is 0.0696. The Morgan fingerprint density at radius 2 is 1.95 bits per heavy atom. The molecule has 2 rings (SSSR count). The van der Waals surface area contributed by atoms with E-state index in [1.165, 1.54) is 12.1 Å². The number of hydrogen-bond donors (Lipinski definition) is 3. The van der Waals surface area contributed by atoms with Crippen molar-refractivity contribution in [3.63, 3.8) is 0 Å². The minimum Gasteiger partial charge on any atom is -0.507 e. The zero-order valence-corrected chi connectivity index (χ0v) is 11.7. The van der Waals surface area contributed by atoms with Crippen molar-refractivity contribution in [2.45, 2.75) is 38.6 Å². The Morgan fingerprint density at radius 1 is 1.37 bits per heavy atom. The van der Waals surface area contributed by atoms with Gasteiger partial charge in [0.1, 0.15) is 5.75 Å². The van der Waals surface area contributed by atoms with Crippen LogP contribution in [0.5, 0.6) is 5.75 Å². The molecule has 0 aliphatic heterocycles. The van der Waals surface area contributed by atoms with Crippen molar-refractivity contribution in [2.24, 2.45) is 11.7 Å². The van der Waals surface area contributed by atoms with Crippen LogP contribution in [0.25, 0.3) is 0 Å². The average molecular weight is 286 g/mol. The number of phenols is 1. The highest BCUT2D eigenvalue weighted by Crippen LogP contribution is 2.38. The lowest BCUT2D eigenvalue weighted by atomic mass is 9.89. The molecule has 1 fully saturated rings. The number of rotatable bonds is 3. The molecule has 1 aromatic rings. The second-order valence-electron chi connectivity index (χ2n) is 5.11. The zero-order valence-electron chi connectivity index (χ0n) is 10.9. The first kappa shape index (κ1) is 15.8. The molecule has 4 N–H and O–H groups in total. The summed E-state index contributed by atoms with van der Waals surface area (Å²) in [6, 6.07) is 2.71. The normalized spacial score (nSPS) is 16.9. The van der Waals surface area contributed by atoms with Crippen LogP contribution >= 0.6 is 12.4 Å². The highest BCUT2D eigenvalue weighted by Gasteiger charge is 2.26. The highest BCUT2D eigenvalue weighted by atomic mass is 35.5. The number of carbonyl (C=O) groups is 1. The van der Waals surface area contributed by atoms with E-state index in [1.54, 1.807) is 6.92 Å². The number of aromatic carboxylic acids is 1. The maximum atomic E-state index is 11.0. The van der Waals surface area contributed by atoms with Crippen LogP contribution in [0.4, 0.5) is 0 Å². The number of halogens is 1. The fraction of sp³-hybridized carbons (Fsp3) is 0.500. The van der Waals surface area contributed by atoms with Gasteiger partial charge in [-0.1, -0.05) is 12.8 Å². The zero-order chi connectivity index (χ0) is 13.3. The Kier molecular flexibility index (Phi) is 5.20. The smallest absolute Gasteiger partial charge is 0.335 e. The predicted octanol–water partition coefficient (Wildman–Crippen LogP) is 3.01. The van der Waals surface area contributed by atoms with Gasteiger partial charge in [0, 0.05) is 11.6 Å². The van der Waals surface area contributed by atoms with Gasteiger partial charge in [-0.15, -0.1) is 12.4 Å². The molecule has 5 heteroatoms. The van der Waals surface area contributed by atoms with E-state index in [1.807, 2.05) is 0 Å². The van der Waals surface area contributed by atoms with Crippen LogP contribution in [0.15, 0.2) is 12.1 Å². The Labute approximate surface area is 119 Å². The maximum absolute atomic E-state index is 11.0. The number of phenolic OH excluding ortho intramolecular Hbond substituents is 1. The quantitative estimate of drug-likeness (QED) is 0.797. The molecule has 0 amide bonds. The van der Waals surface area contributed by atoms with Crippen molar-refractivity contribution in [3.05, 3.63) is 28.8 Å². The molecule has 106 valence electrons. The lowest BCUT2D eigenvalue weighted by Crippen LogP contribution is -2.20. The summed E-state index contributed by atoms with van der Waals surface area (Å²) in [5, 5.41) is 19.1. The molecule has 1 saturated carbocycles. The van der Waals surface area contributed by atoms with Crippen LogP contribution in [0.2, 0.25) is 0 Å². The number of carboxylic acids is 1. The molecule has 0 spiro atoms. The van der Waals surface area contributed by atoms with Gasteiger partial charge in [-0.3, -0.25) is 0 Å². The van der Waals surface area contributed by atoms with E-state index < -0.39 is 5.97 Å². The molecule has 0 aromatic heterocycles. The van der Waals surface area contributed by atoms with E-state index in [9.17, 15) is 9.90 Å². The van der Waals surface area contributed by atoms with Crippen molar-refractivity contribution >= 4 is 18.4 Å². The second-order valence-corrected chi connectivity index (χ2v) is 5.11.